The second kappa shape index (κ2) is 8.50. The van der Waals surface area contributed by atoms with Gasteiger partial charge in [-0.25, -0.2) is 17.9 Å². The van der Waals surface area contributed by atoms with E-state index in [4.69, 9.17) is 9.47 Å². The van der Waals surface area contributed by atoms with Crippen molar-refractivity contribution in [2.75, 3.05) is 26.8 Å². The third-order valence-corrected chi connectivity index (χ3v) is 5.57. The zero-order chi connectivity index (χ0) is 19.3. The fraction of sp³-hybridized carbons (Fsp3) is 0.529. The molecule has 0 aliphatic heterocycles. The number of hydrogen-bond acceptors (Lipinski definition) is 6. The van der Waals surface area contributed by atoms with E-state index in [1.165, 1.54) is 30.2 Å². The minimum absolute atomic E-state index is 0.0364. The average molecular weight is 384 g/mol. The number of methoxy groups -OCH3 is 1. The van der Waals surface area contributed by atoms with E-state index in [9.17, 15) is 18.0 Å². The Balaban J connectivity index is 2.15. The Bertz CT molecular complexity index is 769. The Morgan fingerprint density at radius 2 is 1.88 bits per heavy atom. The summed E-state index contributed by atoms with van der Waals surface area (Å²) >= 11 is 0. The van der Waals surface area contributed by atoms with Gasteiger partial charge in [0.05, 0.1) is 12.7 Å². The lowest BCUT2D eigenvalue weighted by atomic mass is 10.2. The van der Waals surface area contributed by atoms with Crippen molar-refractivity contribution >= 4 is 21.9 Å². The van der Waals surface area contributed by atoms with E-state index in [1.807, 2.05) is 13.8 Å². The quantitative estimate of drug-likeness (QED) is 0.641. The molecule has 144 valence electrons. The maximum atomic E-state index is 12.5. The van der Waals surface area contributed by atoms with Crippen molar-refractivity contribution in [3.8, 4) is 5.75 Å². The monoisotopic (exact) mass is 384 g/mol. The summed E-state index contributed by atoms with van der Waals surface area (Å²) in [7, 11) is -2.45. The number of ether oxygens (including phenoxy) is 2. The highest BCUT2D eigenvalue weighted by Crippen LogP contribution is 2.28. The van der Waals surface area contributed by atoms with E-state index in [2.05, 4.69) is 4.72 Å². The normalized spacial score (nSPS) is 14.0. The number of sulfonamides is 1. The zero-order valence-electron chi connectivity index (χ0n) is 15.1. The Morgan fingerprint density at radius 1 is 1.23 bits per heavy atom. The molecule has 1 saturated carbocycles. The molecule has 0 saturated heterocycles. The molecule has 1 aliphatic carbocycles. The minimum atomic E-state index is -3.81. The molecule has 0 unspecified atom stereocenters. The SMILES string of the molecule is CCN(CC)C(=O)COC(=O)c1ccc(OC)c(S(=O)(=O)NC2CC2)c1. The Labute approximate surface area is 153 Å². The number of likely N-dealkylation sites (N-methyl/N-ethyl adjacent to an activating group) is 1. The van der Waals surface area contributed by atoms with Gasteiger partial charge in [0.1, 0.15) is 10.6 Å². The number of hydrogen-bond donors (Lipinski definition) is 1. The number of carbonyl (C=O) groups is 2. The summed E-state index contributed by atoms with van der Waals surface area (Å²) in [6, 6.07) is 3.92. The number of nitrogens with zero attached hydrogens (tertiary/aromatic N) is 1. The van der Waals surface area contributed by atoms with Crippen LogP contribution in [0.3, 0.4) is 0 Å². The van der Waals surface area contributed by atoms with Crippen LogP contribution in [0, 0.1) is 0 Å². The van der Waals surface area contributed by atoms with Crippen LogP contribution in [0.1, 0.15) is 37.0 Å². The largest absolute Gasteiger partial charge is 0.495 e. The first-order valence-corrected chi connectivity index (χ1v) is 9.96. The van der Waals surface area contributed by atoms with Crippen molar-refractivity contribution in [1.82, 2.24) is 9.62 Å². The first kappa shape index (κ1) is 20.2. The smallest absolute Gasteiger partial charge is 0.338 e. The van der Waals surface area contributed by atoms with Crippen molar-refractivity contribution in [1.29, 1.82) is 0 Å². The zero-order valence-corrected chi connectivity index (χ0v) is 16.0. The molecule has 1 aromatic carbocycles. The van der Waals surface area contributed by atoms with E-state index >= 15 is 0 Å². The van der Waals surface area contributed by atoms with Gasteiger partial charge in [-0.15, -0.1) is 0 Å². The highest BCUT2D eigenvalue weighted by molar-refractivity contribution is 7.89. The minimum Gasteiger partial charge on any atom is -0.495 e. The number of esters is 1. The van der Waals surface area contributed by atoms with Gasteiger partial charge in [0.15, 0.2) is 6.61 Å². The van der Waals surface area contributed by atoms with Crippen LogP contribution in [0.15, 0.2) is 23.1 Å². The number of rotatable bonds is 9. The highest BCUT2D eigenvalue weighted by atomic mass is 32.2. The van der Waals surface area contributed by atoms with Crippen LogP contribution in [0.4, 0.5) is 0 Å². The summed E-state index contributed by atoms with van der Waals surface area (Å²) in [5.74, 6) is -0.940. The molecule has 0 atom stereocenters. The molecular weight excluding hydrogens is 360 g/mol. The third-order valence-electron chi connectivity index (χ3n) is 4.03. The second-order valence-electron chi connectivity index (χ2n) is 5.90. The molecule has 1 amide bonds. The van der Waals surface area contributed by atoms with Gasteiger partial charge < -0.3 is 14.4 Å². The number of benzene rings is 1. The van der Waals surface area contributed by atoms with Crippen molar-refractivity contribution in [2.45, 2.75) is 37.6 Å². The molecule has 1 aromatic rings. The van der Waals surface area contributed by atoms with Gasteiger partial charge in [0.25, 0.3) is 5.91 Å². The van der Waals surface area contributed by atoms with Crippen LogP contribution in [0.2, 0.25) is 0 Å². The number of amides is 1. The van der Waals surface area contributed by atoms with Crippen LogP contribution in [-0.2, 0) is 19.6 Å². The maximum Gasteiger partial charge on any atom is 0.338 e. The van der Waals surface area contributed by atoms with Crippen LogP contribution in [0.5, 0.6) is 5.75 Å². The van der Waals surface area contributed by atoms with Gasteiger partial charge in [-0.3, -0.25) is 4.79 Å². The molecule has 26 heavy (non-hydrogen) atoms. The predicted molar refractivity (Wildman–Crippen MR) is 94.5 cm³/mol. The first-order valence-electron chi connectivity index (χ1n) is 8.47. The van der Waals surface area contributed by atoms with E-state index in [1.54, 1.807) is 0 Å². The maximum absolute atomic E-state index is 12.5. The third kappa shape index (κ3) is 4.95. The molecule has 0 heterocycles. The van der Waals surface area contributed by atoms with E-state index in [-0.39, 0.29) is 28.2 Å². The van der Waals surface area contributed by atoms with E-state index in [0.717, 1.165) is 12.8 Å². The van der Waals surface area contributed by atoms with Crippen molar-refractivity contribution < 1.29 is 27.5 Å². The molecule has 1 aliphatic rings. The summed E-state index contributed by atoms with van der Waals surface area (Å²) in [6.07, 6.45) is 1.58. The Morgan fingerprint density at radius 3 is 2.42 bits per heavy atom. The van der Waals surface area contributed by atoms with Crippen LogP contribution >= 0.6 is 0 Å². The lowest BCUT2D eigenvalue weighted by molar-refractivity contribution is -0.134. The van der Waals surface area contributed by atoms with E-state index in [0.29, 0.717) is 13.1 Å². The van der Waals surface area contributed by atoms with Gasteiger partial charge >= 0.3 is 5.97 Å². The van der Waals surface area contributed by atoms with Crippen LogP contribution in [0.25, 0.3) is 0 Å². The van der Waals surface area contributed by atoms with E-state index < -0.39 is 22.6 Å². The summed E-state index contributed by atoms with van der Waals surface area (Å²) in [6.45, 7) is 4.30. The number of carbonyl (C=O) groups excluding carboxylic acids is 2. The molecule has 0 aromatic heterocycles. The molecule has 2 rings (SSSR count). The predicted octanol–water partition coefficient (Wildman–Crippen LogP) is 1.16. The molecule has 0 spiro atoms. The molecule has 1 fully saturated rings. The van der Waals surface area contributed by atoms with Gasteiger partial charge in [-0.2, -0.15) is 0 Å². The van der Waals surface area contributed by atoms with Crippen LogP contribution in [-0.4, -0.2) is 58.0 Å². The standard InChI is InChI=1S/C17H24N2O6S/c1-4-19(5-2)16(20)11-25-17(21)12-6-9-14(24-3)15(10-12)26(22,23)18-13-7-8-13/h6,9-10,13,18H,4-5,7-8,11H2,1-3H3. The van der Waals surface area contributed by atoms with Crippen molar-refractivity contribution in [3.63, 3.8) is 0 Å². The van der Waals surface area contributed by atoms with Gasteiger partial charge in [-0.1, -0.05) is 0 Å². The lowest BCUT2D eigenvalue weighted by Gasteiger charge is -2.18. The van der Waals surface area contributed by atoms with Gasteiger partial charge in [0.2, 0.25) is 10.0 Å². The molecule has 8 nitrogen and oxygen atoms in total. The molecule has 0 bridgehead atoms. The summed E-state index contributed by atoms with van der Waals surface area (Å²) in [4.78, 5) is 25.5. The Hall–Kier alpha value is -2.13. The summed E-state index contributed by atoms with van der Waals surface area (Å²) < 4.78 is 37.6. The highest BCUT2D eigenvalue weighted by Gasteiger charge is 2.30. The molecular formula is C17H24N2O6S. The summed E-state index contributed by atoms with van der Waals surface area (Å²) in [5.41, 5.74) is 0.0364. The fourth-order valence-electron chi connectivity index (χ4n) is 2.38. The number of nitrogens with one attached hydrogen (secondary N) is 1. The topological polar surface area (TPSA) is 102 Å². The molecule has 9 heteroatoms. The summed E-state index contributed by atoms with van der Waals surface area (Å²) in [5, 5.41) is 0. The van der Waals surface area contributed by atoms with Gasteiger partial charge in [-0.05, 0) is 44.9 Å². The van der Waals surface area contributed by atoms with Crippen LogP contribution < -0.4 is 9.46 Å². The average Bonchev–Trinajstić information content (AvgIpc) is 3.43. The van der Waals surface area contributed by atoms with Gasteiger partial charge in [0, 0.05) is 19.1 Å². The Kier molecular flexibility index (Phi) is 6.60. The fourth-order valence-corrected chi connectivity index (χ4v) is 3.88. The van der Waals surface area contributed by atoms with Crippen molar-refractivity contribution in [2.24, 2.45) is 0 Å². The second-order valence-corrected chi connectivity index (χ2v) is 7.59. The van der Waals surface area contributed by atoms with Crippen molar-refractivity contribution in [3.05, 3.63) is 23.8 Å². The molecule has 0 radical (unpaired) electrons. The molecule has 1 N–H and O–H groups in total. The lowest BCUT2D eigenvalue weighted by Crippen LogP contribution is -2.34. The first-order chi connectivity index (χ1) is 12.3.